The Kier molecular flexibility index (Phi) is 5.14. The summed E-state index contributed by atoms with van der Waals surface area (Å²) in [6.45, 7) is 0.0314. The van der Waals surface area contributed by atoms with Gasteiger partial charge in [0.25, 0.3) is 5.56 Å². The molecule has 9 heteroatoms. The van der Waals surface area contributed by atoms with E-state index in [1.165, 1.54) is 16.9 Å². The van der Waals surface area contributed by atoms with E-state index in [-0.39, 0.29) is 18.4 Å². The molecule has 0 aliphatic heterocycles. The maximum absolute atomic E-state index is 13.5. The maximum atomic E-state index is 13.5. The second-order valence-corrected chi connectivity index (χ2v) is 8.14. The summed E-state index contributed by atoms with van der Waals surface area (Å²) in [7, 11) is 0. The van der Waals surface area contributed by atoms with Crippen LogP contribution in [0.4, 0.5) is 0 Å². The Morgan fingerprint density at radius 3 is 2.67 bits per heavy atom. The highest BCUT2D eigenvalue weighted by Gasteiger charge is 2.27. The van der Waals surface area contributed by atoms with Gasteiger partial charge in [0, 0.05) is 28.5 Å². The molecule has 2 aromatic carbocycles. The Hall–Kier alpha value is -4.04. The third-order valence-corrected chi connectivity index (χ3v) is 5.95. The molecule has 8 nitrogen and oxygen atoms in total. The number of nitrogens with zero attached hydrogens (tertiary/aromatic N) is 2. The number of para-hydroxylation sites is 1. The van der Waals surface area contributed by atoms with Crippen LogP contribution >= 0.6 is 11.6 Å². The van der Waals surface area contributed by atoms with E-state index >= 15 is 0 Å². The van der Waals surface area contributed by atoms with Gasteiger partial charge in [-0.2, -0.15) is 0 Å². The third-order valence-electron chi connectivity index (χ3n) is 5.71. The highest BCUT2D eigenvalue weighted by molar-refractivity contribution is 6.31. The summed E-state index contributed by atoms with van der Waals surface area (Å²) in [4.78, 5) is 42.4. The van der Waals surface area contributed by atoms with Crippen LogP contribution in [0.5, 0.6) is 0 Å². The second-order valence-electron chi connectivity index (χ2n) is 7.70. The van der Waals surface area contributed by atoms with Crippen LogP contribution in [-0.4, -0.2) is 25.2 Å². The average molecular weight is 464 g/mol. The number of nitrogens with one attached hydrogen (secondary N) is 1. The fourth-order valence-corrected chi connectivity index (χ4v) is 4.32. The van der Waals surface area contributed by atoms with Crippen LogP contribution in [0.1, 0.15) is 17.4 Å². The standard InChI is InChI=1S/C24H18ClN3O5/c25-15-7-8-20-18(11-15)22(29)28(24(32)27(20)13-16-4-3-9-33-16)21(23(30)31)10-14-12-26-19-6-2-1-5-17(14)19/h1-9,11-12,21,26H,10,13H2,(H,30,31)/t21-/m0/s1. The number of H-pyrrole nitrogens is 1. The van der Waals surface area contributed by atoms with E-state index in [0.29, 0.717) is 21.9 Å². The number of halogens is 1. The van der Waals surface area contributed by atoms with Gasteiger partial charge in [0.2, 0.25) is 0 Å². The maximum Gasteiger partial charge on any atom is 0.332 e. The van der Waals surface area contributed by atoms with Gasteiger partial charge >= 0.3 is 11.7 Å². The first-order valence-electron chi connectivity index (χ1n) is 10.2. The number of aliphatic carboxylic acids is 1. The summed E-state index contributed by atoms with van der Waals surface area (Å²) in [6.07, 6.45) is 3.12. The van der Waals surface area contributed by atoms with E-state index in [1.54, 1.807) is 30.5 Å². The van der Waals surface area contributed by atoms with Crippen LogP contribution in [-0.2, 0) is 17.8 Å². The van der Waals surface area contributed by atoms with Crippen molar-refractivity contribution in [3.05, 3.63) is 104 Å². The number of rotatable bonds is 6. The van der Waals surface area contributed by atoms with Gasteiger partial charge in [-0.1, -0.05) is 29.8 Å². The van der Waals surface area contributed by atoms with Gasteiger partial charge < -0.3 is 14.5 Å². The number of carboxylic acids is 1. The molecule has 2 N–H and O–H groups in total. The predicted octanol–water partition coefficient (Wildman–Crippen LogP) is 3.81. The zero-order valence-corrected chi connectivity index (χ0v) is 18.0. The van der Waals surface area contributed by atoms with Gasteiger partial charge in [0.15, 0.2) is 0 Å². The zero-order valence-electron chi connectivity index (χ0n) is 17.2. The minimum atomic E-state index is -1.42. The number of aromatic nitrogens is 3. The van der Waals surface area contributed by atoms with Crippen molar-refractivity contribution in [2.75, 3.05) is 0 Å². The summed E-state index contributed by atoms with van der Waals surface area (Å²) in [5.41, 5.74) is 0.426. The van der Waals surface area contributed by atoms with E-state index in [4.69, 9.17) is 16.0 Å². The molecule has 0 spiro atoms. The van der Waals surface area contributed by atoms with Crippen molar-refractivity contribution < 1.29 is 14.3 Å². The average Bonchev–Trinajstić information content (AvgIpc) is 3.46. The van der Waals surface area contributed by atoms with Crippen LogP contribution in [0.3, 0.4) is 0 Å². The molecule has 3 aromatic heterocycles. The molecule has 0 saturated heterocycles. The monoisotopic (exact) mass is 463 g/mol. The van der Waals surface area contributed by atoms with Crippen molar-refractivity contribution in [3.8, 4) is 0 Å². The number of carboxylic acid groups (broad SMARTS) is 1. The van der Waals surface area contributed by atoms with Crippen molar-refractivity contribution in [1.29, 1.82) is 0 Å². The van der Waals surface area contributed by atoms with Gasteiger partial charge in [0.1, 0.15) is 11.8 Å². The first-order chi connectivity index (χ1) is 15.9. The van der Waals surface area contributed by atoms with Crippen molar-refractivity contribution in [2.45, 2.75) is 19.0 Å². The van der Waals surface area contributed by atoms with Gasteiger partial charge in [-0.3, -0.25) is 9.36 Å². The lowest BCUT2D eigenvalue weighted by atomic mass is 10.0. The summed E-state index contributed by atoms with van der Waals surface area (Å²) in [5.74, 6) is -0.799. The van der Waals surface area contributed by atoms with Gasteiger partial charge in [-0.15, -0.1) is 0 Å². The zero-order chi connectivity index (χ0) is 23.1. The highest BCUT2D eigenvalue weighted by Crippen LogP contribution is 2.23. The molecule has 5 aromatic rings. The van der Waals surface area contributed by atoms with Crippen LogP contribution in [0.2, 0.25) is 5.02 Å². The quantitative estimate of drug-likeness (QED) is 0.398. The molecule has 0 fully saturated rings. The van der Waals surface area contributed by atoms with Crippen LogP contribution in [0.15, 0.2) is 81.1 Å². The summed E-state index contributed by atoms with van der Waals surface area (Å²) < 4.78 is 7.51. The lowest BCUT2D eigenvalue weighted by molar-refractivity contribution is -0.141. The van der Waals surface area contributed by atoms with Crippen molar-refractivity contribution in [3.63, 3.8) is 0 Å². The molecule has 166 valence electrons. The molecule has 0 bridgehead atoms. The Morgan fingerprint density at radius 2 is 1.91 bits per heavy atom. The number of hydrogen-bond acceptors (Lipinski definition) is 4. The Labute approximate surface area is 191 Å². The fourth-order valence-electron chi connectivity index (χ4n) is 4.15. The minimum absolute atomic E-state index is 0.0314. The number of fused-ring (bicyclic) bond motifs is 2. The number of furan rings is 1. The van der Waals surface area contributed by atoms with Crippen molar-refractivity contribution in [2.24, 2.45) is 0 Å². The lowest BCUT2D eigenvalue weighted by Gasteiger charge is -2.18. The predicted molar refractivity (Wildman–Crippen MR) is 124 cm³/mol. The smallest absolute Gasteiger partial charge is 0.332 e. The Balaban J connectivity index is 1.73. The minimum Gasteiger partial charge on any atom is -0.480 e. The van der Waals surface area contributed by atoms with E-state index in [2.05, 4.69) is 4.98 Å². The Morgan fingerprint density at radius 1 is 1.09 bits per heavy atom. The van der Waals surface area contributed by atoms with Crippen molar-refractivity contribution >= 4 is 39.4 Å². The molecule has 0 amide bonds. The molecule has 0 saturated carbocycles. The van der Waals surface area contributed by atoms with Crippen LogP contribution in [0.25, 0.3) is 21.8 Å². The molecule has 0 radical (unpaired) electrons. The molecule has 0 aliphatic rings. The van der Waals surface area contributed by atoms with Crippen LogP contribution < -0.4 is 11.2 Å². The summed E-state index contributed by atoms with van der Waals surface area (Å²) in [6, 6.07) is 14.0. The summed E-state index contributed by atoms with van der Waals surface area (Å²) in [5, 5.41) is 11.3. The molecule has 1 atom stereocenters. The lowest BCUT2D eigenvalue weighted by Crippen LogP contribution is -2.45. The van der Waals surface area contributed by atoms with Gasteiger partial charge in [-0.25, -0.2) is 14.2 Å². The molecule has 0 aliphatic carbocycles. The molecular formula is C24H18ClN3O5. The third kappa shape index (κ3) is 3.64. The molecular weight excluding hydrogens is 446 g/mol. The van der Waals surface area contributed by atoms with E-state index < -0.39 is 23.3 Å². The largest absolute Gasteiger partial charge is 0.480 e. The van der Waals surface area contributed by atoms with Crippen molar-refractivity contribution in [1.82, 2.24) is 14.1 Å². The highest BCUT2D eigenvalue weighted by atomic mass is 35.5. The van der Waals surface area contributed by atoms with Crippen LogP contribution in [0, 0.1) is 0 Å². The second kappa shape index (κ2) is 8.14. The first-order valence-corrected chi connectivity index (χ1v) is 10.6. The Bertz CT molecular complexity index is 1610. The van der Waals surface area contributed by atoms with E-state index in [1.807, 2.05) is 24.3 Å². The van der Waals surface area contributed by atoms with Gasteiger partial charge in [0.05, 0.1) is 23.7 Å². The number of carbonyl (C=O) groups is 1. The molecule has 5 rings (SSSR count). The van der Waals surface area contributed by atoms with E-state index in [0.717, 1.165) is 15.5 Å². The topological polar surface area (TPSA) is 110 Å². The fraction of sp³-hybridized carbons (Fsp3) is 0.125. The molecule has 33 heavy (non-hydrogen) atoms. The summed E-state index contributed by atoms with van der Waals surface area (Å²) >= 11 is 6.13. The number of hydrogen-bond donors (Lipinski definition) is 2. The molecule has 3 heterocycles. The molecule has 0 unspecified atom stereocenters. The first kappa shape index (κ1) is 20.8. The van der Waals surface area contributed by atoms with E-state index in [9.17, 15) is 19.5 Å². The van der Waals surface area contributed by atoms with Gasteiger partial charge in [-0.05, 0) is 42.0 Å². The normalized spacial score (nSPS) is 12.4. The number of benzene rings is 2. The SMILES string of the molecule is O=C(O)[C@H](Cc1c[nH]c2ccccc12)n1c(=O)c2cc(Cl)ccc2n(Cc2ccco2)c1=O. The number of aromatic amines is 1.